The van der Waals surface area contributed by atoms with Crippen molar-refractivity contribution in [3.05, 3.63) is 65.2 Å². The van der Waals surface area contributed by atoms with Gasteiger partial charge >= 0.3 is 5.97 Å². The van der Waals surface area contributed by atoms with Crippen LogP contribution in [0.3, 0.4) is 0 Å². The number of carboxylic acid groups (broad SMARTS) is 1. The molecule has 0 aromatic heterocycles. The Balaban J connectivity index is 1.98. The molecule has 0 spiro atoms. The molecule has 0 heterocycles. The maximum absolute atomic E-state index is 10.6. The third kappa shape index (κ3) is 3.83. The molecule has 0 aliphatic carbocycles. The molecule has 0 bridgehead atoms. The van der Waals surface area contributed by atoms with Gasteiger partial charge in [-0.25, -0.2) is 0 Å². The molecule has 4 heteroatoms. The number of hydrogen-bond donors (Lipinski definition) is 2. The Morgan fingerprint density at radius 1 is 1.00 bits per heavy atom. The van der Waals surface area contributed by atoms with Crippen molar-refractivity contribution in [2.75, 3.05) is 0 Å². The van der Waals surface area contributed by atoms with Gasteiger partial charge in [0.15, 0.2) is 0 Å². The predicted molar refractivity (Wildman–Crippen MR) is 74.5 cm³/mol. The van der Waals surface area contributed by atoms with Gasteiger partial charge in [0.1, 0.15) is 12.4 Å². The van der Waals surface area contributed by atoms with Crippen LogP contribution in [0, 0.1) is 0 Å². The number of benzene rings is 2. The number of rotatable bonds is 6. The number of ether oxygens (including phenoxy) is 1. The van der Waals surface area contributed by atoms with Crippen LogP contribution in [0.15, 0.2) is 48.5 Å². The molecule has 0 saturated heterocycles. The minimum atomic E-state index is -0.842. The molecule has 0 radical (unpaired) electrons. The summed E-state index contributed by atoms with van der Waals surface area (Å²) in [6.45, 7) is 0.318. The van der Waals surface area contributed by atoms with E-state index < -0.39 is 5.97 Å². The van der Waals surface area contributed by atoms with Gasteiger partial charge in [0.05, 0.1) is 13.0 Å². The van der Waals surface area contributed by atoms with E-state index in [1.807, 2.05) is 36.4 Å². The smallest absolute Gasteiger partial charge is 0.307 e. The minimum absolute atomic E-state index is 0.0223. The van der Waals surface area contributed by atoms with Crippen molar-refractivity contribution in [2.45, 2.75) is 19.6 Å². The summed E-state index contributed by atoms with van der Waals surface area (Å²) in [5, 5.41) is 17.9. The van der Waals surface area contributed by atoms with Crippen molar-refractivity contribution in [2.24, 2.45) is 0 Å². The first-order chi connectivity index (χ1) is 9.69. The van der Waals surface area contributed by atoms with Gasteiger partial charge in [-0.05, 0) is 17.2 Å². The highest BCUT2D eigenvalue weighted by Gasteiger charge is 2.03. The monoisotopic (exact) mass is 272 g/mol. The SMILES string of the molecule is O=C(O)Cc1ccc(COc2ccccc2CO)cc1. The molecule has 20 heavy (non-hydrogen) atoms. The van der Waals surface area contributed by atoms with Crippen LogP contribution >= 0.6 is 0 Å². The Morgan fingerprint density at radius 3 is 2.30 bits per heavy atom. The Hall–Kier alpha value is -2.33. The van der Waals surface area contributed by atoms with E-state index in [2.05, 4.69) is 0 Å². The molecule has 0 aliphatic heterocycles. The van der Waals surface area contributed by atoms with Gasteiger partial charge in [0.2, 0.25) is 0 Å². The molecule has 0 amide bonds. The van der Waals surface area contributed by atoms with Gasteiger partial charge in [0, 0.05) is 5.56 Å². The summed E-state index contributed by atoms with van der Waals surface area (Å²) < 4.78 is 5.66. The van der Waals surface area contributed by atoms with E-state index in [1.165, 1.54) is 0 Å². The van der Waals surface area contributed by atoms with Crippen molar-refractivity contribution in [1.82, 2.24) is 0 Å². The average Bonchev–Trinajstić information content (AvgIpc) is 2.46. The number of aliphatic carboxylic acids is 1. The number of hydrogen-bond acceptors (Lipinski definition) is 3. The summed E-state index contributed by atoms with van der Waals surface area (Å²) in [6, 6.07) is 14.6. The van der Waals surface area contributed by atoms with Crippen LogP contribution in [0.2, 0.25) is 0 Å². The van der Waals surface area contributed by atoms with Crippen LogP contribution in [0.25, 0.3) is 0 Å². The Labute approximate surface area is 117 Å². The van der Waals surface area contributed by atoms with Gasteiger partial charge in [0.25, 0.3) is 0 Å². The zero-order valence-electron chi connectivity index (χ0n) is 11.0. The molecular weight excluding hydrogens is 256 g/mol. The fraction of sp³-hybridized carbons (Fsp3) is 0.188. The lowest BCUT2D eigenvalue weighted by Gasteiger charge is -2.10. The first-order valence-corrected chi connectivity index (χ1v) is 6.30. The fourth-order valence-electron chi connectivity index (χ4n) is 1.86. The third-order valence-corrected chi connectivity index (χ3v) is 2.92. The van der Waals surface area contributed by atoms with Gasteiger partial charge in [-0.3, -0.25) is 4.79 Å². The van der Waals surface area contributed by atoms with Gasteiger partial charge in [-0.15, -0.1) is 0 Å². The minimum Gasteiger partial charge on any atom is -0.489 e. The largest absolute Gasteiger partial charge is 0.489 e. The quantitative estimate of drug-likeness (QED) is 0.847. The van der Waals surface area contributed by atoms with Crippen LogP contribution in [0.1, 0.15) is 16.7 Å². The Kier molecular flexibility index (Phi) is 4.74. The van der Waals surface area contributed by atoms with Crippen LogP contribution in [-0.4, -0.2) is 16.2 Å². The number of carboxylic acids is 1. The summed E-state index contributed by atoms with van der Waals surface area (Å²) in [5.74, 6) is -0.185. The van der Waals surface area contributed by atoms with Crippen LogP contribution in [-0.2, 0) is 24.4 Å². The van der Waals surface area contributed by atoms with E-state index in [1.54, 1.807) is 12.1 Å². The number of aliphatic hydroxyl groups is 1. The summed E-state index contributed by atoms with van der Waals surface area (Å²) in [5.41, 5.74) is 2.46. The Bertz CT molecular complexity index is 575. The average molecular weight is 272 g/mol. The molecule has 0 aliphatic rings. The summed E-state index contributed by atoms with van der Waals surface area (Å²) in [6.07, 6.45) is 0.0223. The highest BCUT2D eigenvalue weighted by atomic mass is 16.5. The van der Waals surface area contributed by atoms with Crippen LogP contribution in [0.5, 0.6) is 5.75 Å². The van der Waals surface area contributed by atoms with Gasteiger partial charge in [-0.2, -0.15) is 0 Å². The molecule has 4 nitrogen and oxygen atoms in total. The topological polar surface area (TPSA) is 66.8 Å². The molecular formula is C16H16O4. The van der Waals surface area contributed by atoms with Crippen molar-refractivity contribution in [3.8, 4) is 5.75 Å². The third-order valence-electron chi connectivity index (χ3n) is 2.92. The van der Waals surface area contributed by atoms with Gasteiger partial charge in [-0.1, -0.05) is 42.5 Å². The molecule has 0 unspecified atom stereocenters. The van der Waals surface area contributed by atoms with E-state index in [-0.39, 0.29) is 13.0 Å². The normalized spacial score (nSPS) is 10.2. The van der Waals surface area contributed by atoms with Crippen molar-refractivity contribution >= 4 is 5.97 Å². The summed E-state index contributed by atoms with van der Waals surface area (Å²) in [4.78, 5) is 10.6. The maximum Gasteiger partial charge on any atom is 0.307 e. The number of carbonyl (C=O) groups is 1. The van der Waals surface area contributed by atoms with Crippen molar-refractivity contribution < 1.29 is 19.7 Å². The molecule has 2 N–H and O–H groups in total. The lowest BCUT2D eigenvalue weighted by Crippen LogP contribution is -2.01. The molecule has 2 aromatic rings. The zero-order chi connectivity index (χ0) is 14.4. The number of para-hydroxylation sites is 1. The highest BCUT2D eigenvalue weighted by Crippen LogP contribution is 2.19. The van der Waals surface area contributed by atoms with Crippen LogP contribution in [0.4, 0.5) is 0 Å². The van der Waals surface area contributed by atoms with E-state index in [0.29, 0.717) is 12.4 Å². The lowest BCUT2D eigenvalue weighted by molar-refractivity contribution is -0.136. The highest BCUT2D eigenvalue weighted by molar-refractivity contribution is 5.70. The second-order valence-electron chi connectivity index (χ2n) is 4.44. The molecule has 0 fully saturated rings. The second-order valence-corrected chi connectivity index (χ2v) is 4.44. The van der Waals surface area contributed by atoms with E-state index >= 15 is 0 Å². The molecule has 104 valence electrons. The van der Waals surface area contributed by atoms with E-state index in [9.17, 15) is 9.90 Å². The van der Waals surface area contributed by atoms with Crippen molar-refractivity contribution in [1.29, 1.82) is 0 Å². The standard InChI is InChI=1S/C16H16O4/c17-10-14-3-1-2-4-15(14)20-11-13-7-5-12(6-8-13)9-16(18)19/h1-8,17H,9-11H2,(H,18,19). The second kappa shape index (κ2) is 6.73. The fourth-order valence-corrected chi connectivity index (χ4v) is 1.86. The van der Waals surface area contributed by atoms with Crippen LogP contribution < -0.4 is 4.74 Å². The Morgan fingerprint density at radius 2 is 1.65 bits per heavy atom. The predicted octanol–water partition coefficient (Wildman–Crippen LogP) is 2.39. The first kappa shape index (κ1) is 14.1. The molecule has 0 atom stereocenters. The summed E-state index contributed by atoms with van der Waals surface area (Å²) in [7, 11) is 0. The maximum atomic E-state index is 10.6. The van der Waals surface area contributed by atoms with E-state index in [4.69, 9.17) is 9.84 Å². The lowest BCUT2D eigenvalue weighted by atomic mass is 10.1. The first-order valence-electron chi connectivity index (χ1n) is 6.30. The number of aliphatic hydroxyl groups excluding tert-OH is 1. The summed E-state index contributed by atoms with van der Waals surface area (Å²) >= 11 is 0. The van der Waals surface area contributed by atoms with Crippen molar-refractivity contribution in [3.63, 3.8) is 0 Å². The van der Waals surface area contributed by atoms with E-state index in [0.717, 1.165) is 16.7 Å². The molecule has 2 aromatic carbocycles. The zero-order valence-corrected chi connectivity index (χ0v) is 11.0. The van der Waals surface area contributed by atoms with Gasteiger partial charge < -0.3 is 14.9 Å². The molecule has 2 rings (SSSR count). The molecule has 0 saturated carbocycles.